The highest BCUT2D eigenvalue weighted by Gasteiger charge is 2.35. The number of halogens is 2. The van der Waals surface area contributed by atoms with Gasteiger partial charge in [-0.1, -0.05) is 76.2 Å². The number of nitrogens with one attached hydrogen (secondary N) is 2. The lowest BCUT2D eigenvalue weighted by atomic mass is 9.92. The summed E-state index contributed by atoms with van der Waals surface area (Å²) in [5.41, 5.74) is 0.341. The average Bonchev–Trinajstić information content (AvgIpc) is 3.75. The molecule has 2 aromatic heterocycles. The van der Waals surface area contributed by atoms with E-state index in [1.807, 2.05) is 87.7 Å². The van der Waals surface area contributed by atoms with E-state index >= 15 is 0 Å². The summed E-state index contributed by atoms with van der Waals surface area (Å²) in [4.78, 5) is 31.5. The van der Waals surface area contributed by atoms with E-state index in [0.29, 0.717) is 25.8 Å². The van der Waals surface area contributed by atoms with Gasteiger partial charge in [-0.15, -0.1) is 13.2 Å². The van der Waals surface area contributed by atoms with Crippen LogP contribution >= 0.6 is 0 Å². The minimum Gasteiger partial charge on any atom is -0.493 e. The normalized spacial score (nSPS) is 14.9. The van der Waals surface area contributed by atoms with Crippen molar-refractivity contribution >= 4 is 23.3 Å². The predicted molar refractivity (Wildman–Crippen MR) is 248 cm³/mol. The van der Waals surface area contributed by atoms with Crippen LogP contribution in [-0.4, -0.2) is 107 Å². The van der Waals surface area contributed by atoms with Crippen LogP contribution in [0.3, 0.4) is 0 Å². The summed E-state index contributed by atoms with van der Waals surface area (Å²) in [7, 11) is 0. The number of aliphatic hydroxyl groups excluding tert-OH is 1. The molecule has 2 atom stereocenters. The Hall–Kier alpha value is -4.69. The third-order valence-corrected chi connectivity index (χ3v) is 10.1. The second-order valence-corrected chi connectivity index (χ2v) is 15.8. The zero-order valence-electron chi connectivity index (χ0n) is 38.8. The number of para-hydroxylation sites is 1. The van der Waals surface area contributed by atoms with E-state index in [4.69, 9.17) is 9.15 Å². The number of hydrogen-bond acceptors (Lipinski definition) is 9. The Balaban J connectivity index is 0.000000624. The van der Waals surface area contributed by atoms with Crippen LogP contribution in [0.25, 0.3) is 11.0 Å². The maximum atomic E-state index is 12.9. The molecular formula is C49H75F2N5O6. The fraction of sp³-hybridized carbons (Fsp3) is 0.531. The number of nitrogens with zero attached hydrogens (tertiary/aromatic N) is 3. The molecule has 1 fully saturated rings. The molecule has 4 heterocycles. The van der Waals surface area contributed by atoms with Gasteiger partial charge < -0.3 is 30.0 Å². The van der Waals surface area contributed by atoms with Crippen LogP contribution in [0.15, 0.2) is 96.7 Å². The van der Waals surface area contributed by atoms with Gasteiger partial charge in [0.05, 0.1) is 23.8 Å². The number of benzene rings is 2. The molecule has 4 N–H and O–H groups in total. The number of β-amino-alcohol motifs (C(OH)–C–C–N with tert-alkyl or cyclic N) is 1. The molecule has 0 aliphatic carbocycles. The number of furan rings is 1. The van der Waals surface area contributed by atoms with E-state index in [9.17, 15) is 28.6 Å². The second-order valence-electron chi connectivity index (χ2n) is 15.8. The molecule has 0 spiro atoms. The number of hydrogen-bond donors (Lipinski definition) is 4. The van der Waals surface area contributed by atoms with E-state index in [1.165, 1.54) is 18.9 Å². The second kappa shape index (κ2) is 28.8. The molecule has 2 aliphatic rings. The van der Waals surface area contributed by atoms with Crippen LogP contribution < -0.4 is 15.4 Å². The number of carbonyl (C=O) groups excluding carboxylic acids is 2. The Morgan fingerprint density at radius 1 is 0.935 bits per heavy atom. The molecule has 11 nitrogen and oxygen atoms in total. The van der Waals surface area contributed by atoms with Gasteiger partial charge in [0, 0.05) is 56.4 Å². The van der Waals surface area contributed by atoms with E-state index in [2.05, 4.69) is 65.3 Å². The van der Waals surface area contributed by atoms with Crippen LogP contribution in [0.1, 0.15) is 92.0 Å². The van der Waals surface area contributed by atoms with Crippen LogP contribution in [0, 0.1) is 5.92 Å². The van der Waals surface area contributed by atoms with Gasteiger partial charge in [0.2, 0.25) is 12.3 Å². The van der Waals surface area contributed by atoms with Crippen LogP contribution in [0.5, 0.6) is 5.75 Å². The molecule has 2 aromatic carbocycles. The number of alkyl halides is 2. The largest absolute Gasteiger partial charge is 0.493 e. The summed E-state index contributed by atoms with van der Waals surface area (Å²) in [6.07, 6.45) is 6.39. The van der Waals surface area contributed by atoms with Crippen molar-refractivity contribution < 1.29 is 37.7 Å². The van der Waals surface area contributed by atoms with Crippen molar-refractivity contribution in [1.29, 1.82) is 0 Å². The average molecular weight is 868 g/mol. The van der Waals surface area contributed by atoms with Crippen LogP contribution in [0.4, 0.5) is 8.78 Å². The quantitative estimate of drug-likeness (QED) is 0.0559. The third kappa shape index (κ3) is 18.7. The Morgan fingerprint density at radius 3 is 2.10 bits per heavy atom. The van der Waals surface area contributed by atoms with Gasteiger partial charge in [-0.2, -0.15) is 0 Å². The van der Waals surface area contributed by atoms with E-state index < -0.39 is 36.6 Å². The van der Waals surface area contributed by atoms with Gasteiger partial charge in [0.15, 0.2) is 0 Å². The summed E-state index contributed by atoms with van der Waals surface area (Å²) in [5.74, 6) is 1.31. The molecule has 0 saturated carbocycles. The number of carbonyl (C=O) groups is 2. The summed E-state index contributed by atoms with van der Waals surface area (Å²) in [6, 6.07) is 22.0. The number of aliphatic hydroxyl groups is 2. The Morgan fingerprint density at radius 2 is 1.55 bits per heavy atom. The van der Waals surface area contributed by atoms with Gasteiger partial charge in [0.1, 0.15) is 36.2 Å². The molecule has 0 unspecified atom stereocenters. The fourth-order valence-electron chi connectivity index (χ4n) is 6.67. The fourth-order valence-corrected chi connectivity index (χ4v) is 6.67. The van der Waals surface area contributed by atoms with Gasteiger partial charge in [0.25, 0.3) is 0 Å². The summed E-state index contributed by atoms with van der Waals surface area (Å²) in [6.45, 7) is 25.7. The summed E-state index contributed by atoms with van der Waals surface area (Å²) in [5, 5.41) is 26.8. The number of piperazine rings is 1. The van der Waals surface area contributed by atoms with Gasteiger partial charge >= 0.3 is 0 Å². The van der Waals surface area contributed by atoms with Crippen molar-refractivity contribution in [2.24, 2.45) is 5.92 Å². The van der Waals surface area contributed by atoms with Crippen molar-refractivity contribution in [3.63, 3.8) is 0 Å². The van der Waals surface area contributed by atoms with E-state index in [1.54, 1.807) is 20.0 Å². The number of aryl methyl sites for hydroxylation is 1. The molecule has 2 aliphatic heterocycles. The Bertz CT molecular complexity index is 1750. The first-order valence-corrected chi connectivity index (χ1v) is 21.8. The van der Waals surface area contributed by atoms with Crippen molar-refractivity contribution in [2.75, 3.05) is 52.7 Å². The van der Waals surface area contributed by atoms with Crippen LogP contribution in [-0.2, 0) is 28.0 Å². The number of aromatic nitrogens is 1. The summed E-state index contributed by atoms with van der Waals surface area (Å²) >= 11 is 0. The Labute approximate surface area is 369 Å². The number of rotatable bonds is 14. The lowest BCUT2D eigenvalue weighted by molar-refractivity contribution is -0.132. The first-order chi connectivity index (χ1) is 29.7. The summed E-state index contributed by atoms with van der Waals surface area (Å²) < 4.78 is 35.1. The minimum atomic E-state index is -1.32. The molecule has 346 valence electrons. The van der Waals surface area contributed by atoms with Crippen molar-refractivity contribution in [3.8, 4) is 5.75 Å². The lowest BCUT2D eigenvalue weighted by Crippen LogP contribution is -2.54. The predicted octanol–water partition coefficient (Wildman–Crippen LogP) is 8.43. The molecule has 0 bridgehead atoms. The number of amides is 2. The highest BCUT2D eigenvalue weighted by atomic mass is 19.1. The highest BCUT2D eigenvalue weighted by Crippen LogP contribution is 2.33. The molecule has 0 radical (unpaired) electrons. The molecule has 4 aromatic rings. The van der Waals surface area contributed by atoms with Crippen molar-refractivity contribution in [2.45, 2.75) is 111 Å². The molecule has 13 heteroatoms. The van der Waals surface area contributed by atoms with Gasteiger partial charge in [-0.3, -0.25) is 24.4 Å². The van der Waals surface area contributed by atoms with E-state index in [0.717, 1.165) is 67.2 Å². The molecule has 62 heavy (non-hydrogen) atoms. The molecule has 2 amide bonds. The topological polar surface area (TPSA) is 140 Å². The maximum absolute atomic E-state index is 12.9. The smallest absolute Gasteiger partial charge is 0.225 e. The molecule has 6 rings (SSSR count). The SMILES string of the molecule is C=C.CC.CC.CC(C)(O)NC(=O)[C@H](Cc1ccccc1)C[C@H](O)CN1CCN(C(C)(C)c2cc3cnccc3o2)CC1.CC(CF)(CF)NC=O.c1ccc2c(c1)CCCO2. The van der Waals surface area contributed by atoms with Gasteiger partial charge in [-0.05, 0) is 89.6 Å². The van der Waals surface area contributed by atoms with Crippen molar-refractivity contribution in [3.05, 3.63) is 109 Å². The zero-order valence-corrected chi connectivity index (χ0v) is 38.8. The monoisotopic (exact) mass is 868 g/mol. The van der Waals surface area contributed by atoms with Crippen molar-refractivity contribution in [1.82, 2.24) is 25.4 Å². The molecular weight excluding hydrogens is 793 g/mol. The first kappa shape index (κ1) is 55.3. The minimum absolute atomic E-state index is 0.247. The molecule has 1 saturated heterocycles. The maximum Gasteiger partial charge on any atom is 0.225 e. The van der Waals surface area contributed by atoms with E-state index in [-0.39, 0.29) is 11.4 Å². The lowest BCUT2D eigenvalue weighted by Gasteiger charge is -2.43. The number of fused-ring (bicyclic) bond motifs is 2. The standard InChI is InChI=1S/C29H40N4O4.C9H10O.C5H9F2NO.2C2H6.C2H4/c1-28(2,26-18-23-19-30-11-10-25(23)37-26)33-14-12-32(13-15-33)20-24(34)17-22(27(35)31-29(3,4)36)16-21-8-6-5-7-9-21;1-2-6-9-8(4-1)5-3-7-10-9;1-5(2-6,3-7)8-4-9;3*1-2/h5-11,18-19,22,24,34,36H,12-17,20H2,1-4H3,(H,31,35);1-2,4,6H,3,5,7H2;4H,2-3H2,1H3,(H,8,9);2*1-2H3;1-2H2/t22-,24+;;;;;/m1...../s1. The number of ether oxygens (including phenoxy) is 1. The third-order valence-electron chi connectivity index (χ3n) is 10.1. The number of pyridine rings is 1. The highest BCUT2D eigenvalue weighted by molar-refractivity contribution is 5.79. The zero-order chi connectivity index (χ0) is 46.8. The van der Waals surface area contributed by atoms with Gasteiger partial charge in [-0.25, -0.2) is 8.78 Å². The Kier molecular flexibility index (Phi) is 25.7. The first-order valence-electron chi connectivity index (χ1n) is 21.8. The van der Waals surface area contributed by atoms with Crippen LogP contribution in [0.2, 0.25) is 0 Å².